The first-order chi connectivity index (χ1) is 15.3. The number of nitrogens with zero attached hydrogens (tertiary/aromatic N) is 4. The highest BCUT2D eigenvalue weighted by atomic mass is 19.4. The molecule has 3 N–H and O–H groups in total. The lowest BCUT2D eigenvalue weighted by atomic mass is 10.1. The lowest BCUT2D eigenvalue weighted by Crippen LogP contribution is -2.21. The maximum Gasteiger partial charge on any atom is 0.420 e. The highest BCUT2D eigenvalue weighted by Gasteiger charge is 2.40. The molecule has 9 heteroatoms. The number of halogens is 3. The van der Waals surface area contributed by atoms with Crippen molar-refractivity contribution in [2.24, 2.45) is 5.73 Å². The Labute approximate surface area is 182 Å². The zero-order chi connectivity index (χ0) is 22.9. The van der Waals surface area contributed by atoms with Gasteiger partial charge >= 0.3 is 6.18 Å². The first kappa shape index (κ1) is 21.9. The number of pyridine rings is 2. The van der Waals surface area contributed by atoms with Crippen LogP contribution >= 0.6 is 0 Å². The quantitative estimate of drug-likeness (QED) is 0.445. The van der Waals surface area contributed by atoms with Gasteiger partial charge in [-0.25, -0.2) is 9.67 Å². The van der Waals surface area contributed by atoms with E-state index in [2.05, 4.69) is 17.0 Å². The molecule has 4 rings (SSSR count). The molecule has 4 aromatic rings. The number of hydrogen-bond acceptors (Lipinski definition) is 5. The molecule has 0 unspecified atom stereocenters. The topological polar surface area (TPSA) is 89.8 Å². The molecule has 1 aromatic carbocycles. The molecule has 2 atom stereocenters. The van der Waals surface area contributed by atoms with Crippen LogP contribution in [0.4, 0.5) is 13.2 Å². The Balaban J connectivity index is 1.74. The van der Waals surface area contributed by atoms with Gasteiger partial charge < -0.3 is 10.8 Å². The number of alkyl halides is 3. The molecule has 0 bridgehead atoms. The van der Waals surface area contributed by atoms with Crippen molar-refractivity contribution in [2.45, 2.75) is 38.1 Å². The standard InChI is InChI=1S/C23H22F3N5O/c1-2-5-16(27)18-7-3-6-17(29-18)14-10-11-15-13-28-31(20(15)12-14)21-9-4-8-19(30-21)22(32)23(24,25)26/h3-4,6-13,16,22,32H,2,5,27H2,1H3/t16-,22-/m0/s1. The summed E-state index contributed by atoms with van der Waals surface area (Å²) >= 11 is 0. The molecular formula is C23H22F3N5O. The van der Waals surface area contributed by atoms with Crippen molar-refractivity contribution in [2.75, 3.05) is 0 Å². The van der Waals surface area contributed by atoms with Gasteiger partial charge in [-0.3, -0.25) is 4.98 Å². The van der Waals surface area contributed by atoms with Crippen LogP contribution < -0.4 is 5.73 Å². The van der Waals surface area contributed by atoms with E-state index in [9.17, 15) is 18.3 Å². The maximum absolute atomic E-state index is 12.9. The minimum atomic E-state index is -4.81. The number of aromatic nitrogens is 4. The van der Waals surface area contributed by atoms with Gasteiger partial charge in [0, 0.05) is 17.0 Å². The zero-order valence-electron chi connectivity index (χ0n) is 17.3. The maximum atomic E-state index is 12.9. The Bertz CT molecular complexity index is 1240. The molecule has 0 amide bonds. The summed E-state index contributed by atoms with van der Waals surface area (Å²) in [5.41, 5.74) is 8.72. The fourth-order valence-corrected chi connectivity index (χ4v) is 3.52. The average molecular weight is 441 g/mol. The van der Waals surface area contributed by atoms with E-state index < -0.39 is 18.0 Å². The van der Waals surface area contributed by atoms with E-state index in [1.54, 1.807) is 6.20 Å². The fourth-order valence-electron chi connectivity index (χ4n) is 3.52. The summed E-state index contributed by atoms with van der Waals surface area (Å²) in [5.74, 6) is 0.171. The van der Waals surface area contributed by atoms with Crippen molar-refractivity contribution in [3.05, 3.63) is 72.2 Å². The highest BCUT2D eigenvalue weighted by Crippen LogP contribution is 2.32. The molecule has 0 aliphatic heterocycles. The normalized spacial score (nSPS) is 13.9. The van der Waals surface area contributed by atoms with Crippen molar-refractivity contribution < 1.29 is 18.3 Å². The van der Waals surface area contributed by atoms with Crippen LogP contribution in [0.5, 0.6) is 0 Å². The van der Waals surface area contributed by atoms with Crippen molar-refractivity contribution in [1.29, 1.82) is 0 Å². The molecule has 0 fully saturated rings. The zero-order valence-corrected chi connectivity index (χ0v) is 17.3. The molecule has 0 aliphatic rings. The third-order valence-corrected chi connectivity index (χ3v) is 5.18. The summed E-state index contributed by atoms with van der Waals surface area (Å²) in [5, 5.41) is 14.6. The van der Waals surface area contributed by atoms with Gasteiger partial charge in [0.25, 0.3) is 0 Å². The minimum absolute atomic E-state index is 0.152. The van der Waals surface area contributed by atoms with Crippen LogP contribution in [0, 0.1) is 0 Å². The highest BCUT2D eigenvalue weighted by molar-refractivity contribution is 5.84. The Kier molecular flexibility index (Phi) is 5.94. The van der Waals surface area contributed by atoms with Gasteiger partial charge in [-0.05, 0) is 36.8 Å². The molecule has 0 saturated heterocycles. The van der Waals surface area contributed by atoms with Gasteiger partial charge in [0.15, 0.2) is 11.9 Å². The predicted molar refractivity (Wildman–Crippen MR) is 115 cm³/mol. The van der Waals surface area contributed by atoms with Crippen LogP contribution in [-0.4, -0.2) is 31.0 Å². The molecule has 32 heavy (non-hydrogen) atoms. The SMILES string of the molecule is CCC[C@H](N)c1cccc(-c2ccc3cnn(-c4cccc([C@H](O)C(F)(F)F)n4)c3c2)n1. The second-order valence-electron chi connectivity index (χ2n) is 7.54. The Morgan fingerprint density at radius 1 is 1.03 bits per heavy atom. The van der Waals surface area contributed by atoms with E-state index in [4.69, 9.17) is 10.7 Å². The molecule has 0 saturated carbocycles. The van der Waals surface area contributed by atoms with Crippen LogP contribution in [0.3, 0.4) is 0 Å². The molecular weight excluding hydrogens is 419 g/mol. The Morgan fingerprint density at radius 3 is 2.53 bits per heavy atom. The third kappa shape index (κ3) is 4.35. The second kappa shape index (κ2) is 8.68. The summed E-state index contributed by atoms with van der Waals surface area (Å²) in [6.07, 6.45) is -4.09. The van der Waals surface area contributed by atoms with Gasteiger partial charge in [-0.15, -0.1) is 0 Å². The van der Waals surface area contributed by atoms with Crippen molar-refractivity contribution in [1.82, 2.24) is 19.7 Å². The predicted octanol–water partition coefficient (Wildman–Crippen LogP) is 4.88. The van der Waals surface area contributed by atoms with E-state index in [1.807, 2.05) is 36.4 Å². The smallest absolute Gasteiger partial charge is 0.378 e. The van der Waals surface area contributed by atoms with Crippen molar-refractivity contribution >= 4 is 10.9 Å². The number of rotatable bonds is 6. The van der Waals surface area contributed by atoms with Crippen molar-refractivity contribution in [3.8, 4) is 17.1 Å². The summed E-state index contributed by atoms with van der Waals surface area (Å²) in [6.45, 7) is 2.07. The molecule has 166 valence electrons. The summed E-state index contributed by atoms with van der Waals surface area (Å²) in [6, 6.07) is 15.2. The lowest BCUT2D eigenvalue weighted by molar-refractivity contribution is -0.207. The van der Waals surface area contributed by atoms with Crippen LogP contribution in [0.1, 0.15) is 43.3 Å². The van der Waals surface area contributed by atoms with Gasteiger partial charge in [0.1, 0.15) is 0 Å². The number of hydrogen-bond donors (Lipinski definition) is 2. The van der Waals surface area contributed by atoms with Crippen LogP contribution in [0.25, 0.3) is 28.0 Å². The van der Waals surface area contributed by atoms with E-state index in [1.165, 1.54) is 16.8 Å². The Hall–Kier alpha value is -3.30. The number of benzene rings is 1. The first-order valence-corrected chi connectivity index (χ1v) is 10.2. The van der Waals surface area contributed by atoms with Gasteiger partial charge in [0.05, 0.1) is 28.8 Å². The summed E-state index contributed by atoms with van der Waals surface area (Å²) < 4.78 is 40.2. The third-order valence-electron chi connectivity index (χ3n) is 5.18. The number of nitrogens with two attached hydrogens (primary N) is 1. The molecule has 3 aromatic heterocycles. The van der Waals surface area contributed by atoms with E-state index in [0.29, 0.717) is 5.52 Å². The molecule has 0 radical (unpaired) electrons. The summed E-state index contributed by atoms with van der Waals surface area (Å²) in [7, 11) is 0. The number of aliphatic hydroxyl groups excluding tert-OH is 1. The van der Waals surface area contributed by atoms with E-state index in [0.717, 1.165) is 41.2 Å². The molecule has 0 spiro atoms. The van der Waals surface area contributed by atoms with Gasteiger partial charge in [-0.2, -0.15) is 18.3 Å². The number of fused-ring (bicyclic) bond motifs is 1. The molecule has 3 heterocycles. The molecule has 0 aliphatic carbocycles. The second-order valence-corrected chi connectivity index (χ2v) is 7.54. The van der Waals surface area contributed by atoms with Crippen LogP contribution in [0.15, 0.2) is 60.8 Å². The monoisotopic (exact) mass is 441 g/mol. The first-order valence-electron chi connectivity index (χ1n) is 10.2. The number of aliphatic hydroxyl groups is 1. The van der Waals surface area contributed by atoms with E-state index >= 15 is 0 Å². The fraction of sp³-hybridized carbons (Fsp3) is 0.261. The Morgan fingerprint density at radius 2 is 1.78 bits per heavy atom. The van der Waals surface area contributed by atoms with E-state index in [-0.39, 0.29) is 11.9 Å². The molecule has 6 nitrogen and oxygen atoms in total. The van der Waals surface area contributed by atoms with Crippen LogP contribution in [-0.2, 0) is 0 Å². The lowest BCUT2D eigenvalue weighted by Gasteiger charge is -2.14. The summed E-state index contributed by atoms with van der Waals surface area (Å²) in [4.78, 5) is 8.68. The largest absolute Gasteiger partial charge is 0.420 e. The average Bonchev–Trinajstić information content (AvgIpc) is 3.21. The van der Waals surface area contributed by atoms with Crippen molar-refractivity contribution in [3.63, 3.8) is 0 Å². The van der Waals surface area contributed by atoms with Crippen LogP contribution in [0.2, 0.25) is 0 Å². The van der Waals surface area contributed by atoms with Gasteiger partial charge in [0.2, 0.25) is 0 Å². The minimum Gasteiger partial charge on any atom is -0.378 e. The van der Waals surface area contributed by atoms with Gasteiger partial charge in [-0.1, -0.05) is 37.6 Å².